The van der Waals surface area contributed by atoms with E-state index in [4.69, 9.17) is 4.74 Å². The fourth-order valence-electron chi connectivity index (χ4n) is 1.16. The smallest absolute Gasteiger partial charge is 0.338 e. The molecule has 0 aliphatic heterocycles. The fraction of sp³-hybridized carbons (Fsp3) is 0.333. The van der Waals surface area contributed by atoms with Crippen LogP contribution in [0.5, 0.6) is 0 Å². The quantitative estimate of drug-likeness (QED) is 0.458. The highest BCUT2D eigenvalue weighted by Gasteiger charge is 2.09. The van der Waals surface area contributed by atoms with Gasteiger partial charge in [-0.05, 0) is 18.6 Å². The maximum absolute atomic E-state index is 11.5. The number of benzene rings is 1. The molecule has 1 aromatic rings. The van der Waals surface area contributed by atoms with Crippen molar-refractivity contribution >= 4 is 28.2 Å². The summed E-state index contributed by atoms with van der Waals surface area (Å²) >= 11 is 3.34. The van der Waals surface area contributed by atoms with Crippen LogP contribution in [0.15, 0.2) is 30.3 Å². The van der Waals surface area contributed by atoms with Crippen molar-refractivity contribution in [1.29, 1.82) is 0 Å². The van der Waals surface area contributed by atoms with Crippen molar-refractivity contribution < 1.29 is 14.3 Å². The van der Waals surface area contributed by atoms with Gasteiger partial charge in [0.1, 0.15) is 12.9 Å². The van der Waals surface area contributed by atoms with Crippen LogP contribution in [-0.2, 0) is 9.53 Å². The molecule has 0 saturated carbocycles. The summed E-state index contributed by atoms with van der Waals surface area (Å²) in [6.45, 7) is 0.279. The van der Waals surface area contributed by atoms with Gasteiger partial charge in [0, 0.05) is 11.2 Å². The summed E-state index contributed by atoms with van der Waals surface area (Å²) in [5, 5.41) is 0. The molecule has 0 heterocycles. The van der Waals surface area contributed by atoms with Crippen molar-refractivity contribution in [3.8, 4) is 0 Å². The number of ether oxygens (including phenoxy) is 1. The molecule has 16 heavy (non-hydrogen) atoms. The summed E-state index contributed by atoms with van der Waals surface area (Å²) in [6, 6.07) is 8.82. The third kappa shape index (κ3) is 4.57. The molecule has 1 aromatic carbocycles. The van der Waals surface area contributed by atoms with Gasteiger partial charge in [0.2, 0.25) is 0 Å². The van der Waals surface area contributed by atoms with Crippen LogP contribution < -0.4 is 0 Å². The van der Waals surface area contributed by atoms with Gasteiger partial charge in [-0.1, -0.05) is 34.1 Å². The zero-order chi connectivity index (χ0) is 11.8. The van der Waals surface area contributed by atoms with Crippen molar-refractivity contribution in [2.45, 2.75) is 17.7 Å². The van der Waals surface area contributed by atoms with Crippen LogP contribution in [0.3, 0.4) is 0 Å². The van der Waals surface area contributed by atoms with Gasteiger partial charge in [-0.3, -0.25) is 0 Å². The van der Waals surface area contributed by atoms with Gasteiger partial charge in [-0.2, -0.15) is 0 Å². The monoisotopic (exact) mass is 284 g/mol. The maximum Gasteiger partial charge on any atom is 0.338 e. The van der Waals surface area contributed by atoms with Crippen LogP contribution >= 0.6 is 15.9 Å². The number of hydrogen-bond donors (Lipinski definition) is 0. The molecule has 0 N–H and O–H groups in total. The minimum Gasteiger partial charge on any atom is -0.461 e. The standard InChI is InChI=1S/C12H13BrO3/c13-11(7-4-8-14)9-16-12(15)10-5-2-1-3-6-10/h1-3,5-6,8,11H,4,7,9H2/t11-/m1/s1. The highest BCUT2D eigenvalue weighted by atomic mass is 79.9. The van der Waals surface area contributed by atoms with Crippen LogP contribution in [0.1, 0.15) is 23.2 Å². The molecule has 0 aromatic heterocycles. The first-order valence-electron chi connectivity index (χ1n) is 5.04. The average molecular weight is 285 g/mol. The molecular formula is C12H13BrO3. The zero-order valence-electron chi connectivity index (χ0n) is 8.77. The van der Waals surface area contributed by atoms with E-state index in [2.05, 4.69) is 15.9 Å². The van der Waals surface area contributed by atoms with Crippen LogP contribution in [0.25, 0.3) is 0 Å². The number of rotatable bonds is 6. The van der Waals surface area contributed by atoms with E-state index in [-0.39, 0.29) is 17.4 Å². The van der Waals surface area contributed by atoms with Gasteiger partial charge in [-0.25, -0.2) is 4.79 Å². The van der Waals surface area contributed by atoms with E-state index in [0.29, 0.717) is 18.4 Å². The van der Waals surface area contributed by atoms with E-state index in [1.165, 1.54) is 0 Å². The zero-order valence-corrected chi connectivity index (χ0v) is 10.4. The average Bonchev–Trinajstić information content (AvgIpc) is 2.34. The van der Waals surface area contributed by atoms with Crippen molar-refractivity contribution in [1.82, 2.24) is 0 Å². The number of aldehydes is 1. The van der Waals surface area contributed by atoms with Crippen molar-refractivity contribution in [2.75, 3.05) is 6.61 Å². The summed E-state index contributed by atoms with van der Waals surface area (Å²) in [4.78, 5) is 21.7. The van der Waals surface area contributed by atoms with Gasteiger partial charge < -0.3 is 9.53 Å². The number of alkyl halides is 1. The molecule has 4 heteroatoms. The molecule has 0 spiro atoms. The Hall–Kier alpha value is -1.16. The van der Waals surface area contributed by atoms with E-state index in [0.717, 1.165) is 6.29 Å². The maximum atomic E-state index is 11.5. The Morgan fingerprint density at radius 2 is 2.06 bits per heavy atom. The molecule has 0 unspecified atom stereocenters. The molecule has 0 aliphatic carbocycles. The Kier molecular flexibility index (Phi) is 5.78. The Labute approximate surface area is 103 Å². The lowest BCUT2D eigenvalue weighted by Gasteiger charge is -2.08. The minimum atomic E-state index is -0.337. The first-order valence-corrected chi connectivity index (χ1v) is 5.95. The first-order chi connectivity index (χ1) is 7.74. The molecule has 0 aliphatic rings. The van der Waals surface area contributed by atoms with E-state index in [1.807, 2.05) is 6.07 Å². The van der Waals surface area contributed by atoms with Crippen LogP contribution in [0.2, 0.25) is 0 Å². The summed E-state index contributed by atoms with van der Waals surface area (Å²) in [6.07, 6.45) is 2.00. The highest BCUT2D eigenvalue weighted by molar-refractivity contribution is 9.09. The van der Waals surface area contributed by atoms with Crippen LogP contribution in [0.4, 0.5) is 0 Å². The number of halogens is 1. The summed E-state index contributed by atoms with van der Waals surface area (Å²) in [5.41, 5.74) is 0.539. The first kappa shape index (κ1) is 12.9. The van der Waals surface area contributed by atoms with Crippen molar-refractivity contribution in [3.05, 3.63) is 35.9 Å². The molecule has 0 radical (unpaired) electrons. The lowest BCUT2D eigenvalue weighted by Crippen LogP contribution is -2.14. The van der Waals surface area contributed by atoms with Crippen molar-refractivity contribution in [2.24, 2.45) is 0 Å². The summed E-state index contributed by atoms with van der Waals surface area (Å²) < 4.78 is 5.09. The largest absolute Gasteiger partial charge is 0.461 e. The van der Waals surface area contributed by atoms with E-state index in [9.17, 15) is 9.59 Å². The van der Waals surface area contributed by atoms with Gasteiger partial charge in [-0.15, -0.1) is 0 Å². The fourth-order valence-corrected chi connectivity index (χ4v) is 1.55. The molecular weight excluding hydrogens is 272 g/mol. The van der Waals surface area contributed by atoms with Crippen LogP contribution in [0, 0.1) is 0 Å². The minimum absolute atomic E-state index is 0.0327. The van der Waals surface area contributed by atoms with E-state index in [1.54, 1.807) is 24.3 Å². The Morgan fingerprint density at radius 3 is 2.69 bits per heavy atom. The predicted octanol–water partition coefficient (Wildman–Crippen LogP) is 2.59. The topological polar surface area (TPSA) is 43.4 Å². The van der Waals surface area contributed by atoms with Crippen LogP contribution in [-0.4, -0.2) is 23.7 Å². The Morgan fingerprint density at radius 1 is 1.38 bits per heavy atom. The molecule has 0 saturated heterocycles. The SMILES string of the molecule is O=CCC[C@@H](Br)COC(=O)c1ccccc1. The molecule has 0 fully saturated rings. The lowest BCUT2D eigenvalue weighted by molar-refractivity contribution is -0.107. The number of esters is 1. The summed E-state index contributed by atoms with van der Waals surface area (Å²) in [7, 11) is 0. The second-order valence-electron chi connectivity index (χ2n) is 3.31. The van der Waals surface area contributed by atoms with Gasteiger partial charge in [0.05, 0.1) is 5.56 Å². The number of hydrogen-bond acceptors (Lipinski definition) is 3. The predicted molar refractivity (Wildman–Crippen MR) is 64.7 cm³/mol. The summed E-state index contributed by atoms with van der Waals surface area (Å²) in [5.74, 6) is -0.337. The molecule has 1 atom stereocenters. The van der Waals surface area contributed by atoms with Crippen molar-refractivity contribution in [3.63, 3.8) is 0 Å². The molecule has 86 valence electrons. The Bertz CT molecular complexity index is 337. The molecule has 0 amide bonds. The van der Waals surface area contributed by atoms with E-state index >= 15 is 0 Å². The second-order valence-corrected chi connectivity index (χ2v) is 4.60. The molecule has 1 rings (SSSR count). The molecule has 3 nitrogen and oxygen atoms in total. The van der Waals surface area contributed by atoms with Gasteiger partial charge >= 0.3 is 5.97 Å². The van der Waals surface area contributed by atoms with Gasteiger partial charge in [0.25, 0.3) is 0 Å². The number of carbonyl (C=O) groups is 2. The highest BCUT2D eigenvalue weighted by Crippen LogP contribution is 2.09. The lowest BCUT2D eigenvalue weighted by atomic mass is 10.2. The normalized spacial score (nSPS) is 11.8. The number of carbonyl (C=O) groups excluding carboxylic acids is 2. The molecule has 0 bridgehead atoms. The second kappa shape index (κ2) is 7.17. The van der Waals surface area contributed by atoms with E-state index < -0.39 is 0 Å². The third-order valence-corrected chi connectivity index (χ3v) is 2.72. The van der Waals surface area contributed by atoms with Gasteiger partial charge in [0.15, 0.2) is 0 Å². The Balaban J connectivity index is 2.33. The third-order valence-electron chi connectivity index (χ3n) is 2.00.